The molecule has 0 aliphatic carbocycles. The third kappa shape index (κ3) is 5.68. The highest BCUT2D eigenvalue weighted by Gasteiger charge is 2.16. The summed E-state index contributed by atoms with van der Waals surface area (Å²) in [5.41, 5.74) is 1.03. The molecule has 130 valence electrons. The van der Waals surface area contributed by atoms with Gasteiger partial charge in [-0.2, -0.15) is 0 Å². The zero-order chi connectivity index (χ0) is 17.4. The van der Waals surface area contributed by atoms with Crippen LogP contribution in [0.25, 0.3) is 0 Å². The van der Waals surface area contributed by atoms with Crippen LogP contribution >= 0.6 is 23.1 Å². The van der Waals surface area contributed by atoms with Crippen LogP contribution in [0.5, 0.6) is 5.75 Å². The lowest BCUT2D eigenvalue weighted by atomic mass is 10.2. The van der Waals surface area contributed by atoms with E-state index in [-0.39, 0.29) is 11.2 Å². The lowest BCUT2D eigenvalue weighted by Gasteiger charge is -2.10. The molecule has 6 nitrogen and oxygen atoms in total. The number of nitrogens with one attached hydrogen (secondary N) is 2. The Bertz CT molecular complexity index is 646. The van der Waals surface area contributed by atoms with E-state index in [4.69, 9.17) is 4.74 Å². The Hall–Kier alpha value is -1.80. The van der Waals surface area contributed by atoms with Crippen LogP contribution in [0.15, 0.2) is 28.6 Å². The molecule has 24 heavy (non-hydrogen) atoms. The van der Waals surface area contributed by atoms with Crippen LogP contribution in [0.2, 0.25) is 0 Å². The number of nitrogens with zero attached hydrogens (tertiary/aromatic N) is 2. The minimum absolute atomic E-state index is 0.0194. The average Bonchev–Trinajstić information content (AvgIpc) is 3.05. The van der Waals surface area contributed by atoms with Crippen molar-refractivity contribution in [1.29, 1.82) is 0 Å². The number of carbonyl (C=O) groups is 1. The maximum Gasteiger partial charge on any atom is 0.233 e. The van der Waals surface area contributed by atoms with Gasteiger partial charge >= 0.3 is 0 Å². The third-order valence-corrected chi connectivity index (χ3v) is 5.27. The number of thioether (sulfide) groups is 1. The quantitative estimate of drug-likeness (QED) is 0.664. The maximum absolute atomic E-state index is 12.2. The van der Waals surface area contributed by atoms with E-state index in [1.54, 1.807) is 7.11 Å². The van der Waals surface area contributed by atoms with Gasteiger partial charge in [0.1, 0.15) is 5.75 Å². The SMILES string of the molecule is CCCNc1nnc(S[C@H](C)C(=O)NCc2ccc(OC)cc2)s1. The molecule has 0 radical (unpaired) electrons. The standard InChI is InChI=1S/C16H22N4O2S2/c1-4-9-17-15-19-20-16(24-15)23-11(2)14(21)18-10-12-5-7-13(22-3)8-6-12/h5-8,11H,4,9-10H2,1-3H3,(H,17,19)(H,18,21)/t11-/m1/s1. The zero-order valence-electron chi connectivity index (χ0n) is 14.0. The van der Waals surface area contributed by atoms with Crippen molar-refractivity contribution in [2.24, 2.45) is 0 Å². The van der Waals surface area contributed by atoms with Crippen molar-refractivity contribution in [3.63, 3.8) is 0 Å². The molecule has 1 aromatic carbocycles. The van der Waals surface area contributed by atoms with Crippen molar-refractivity contribution in [3.8, 4) is 5.75 Å². The molecule has 0 spiro atoms. The highest BCUT2D eigenvalue weighted by atomic mass is 32.2. The van der Waals surface area contributed by atoms with Crippen molar-refractivity contribution >= 4 is 34.1 Å². The maximum atomic E-state index is 12.2. The van der Waals surface area contributed by atoms with Gasteiger partial charge in [-0.3, -0.25) is 4.79 Å². The average molecular weight is 367 g/mol. The summed E-state index contributed by atoms with van der Waals surface area (Å²) in [4.78, 5) is 12.2. The van der Waals surface area contributed by atoms with Gasteiger partial charge in [0, 0.05) is 13.1 Å². The summed E-state index contributed by atoms with van der Waals surface area (Å²) in [6.45, 7) is 5.33. The topological polar surface area (TPSA) is 76.1 Å². The van der Waals surface area contributed by atoms with E-state index < -0.39 is 0 Å². The van der Waals surface area contributed by atoms with Crippen molar-refractivity contribution in [2.45, 2.75) is 36.4 Å². The molecule has 1 aromatic heterocycles. The summed E-state index contributed by atoms with van der Waals surface area (Å²) >= 11 is 2.89. The van der Waals surface area contributed by atoms with Crippen molar-refractivity contribution in [2.75, 3.05) is 19.0 Å². The second-order valence-electron chi connectivity index (χ2n) is 5.13. The van der Waals surface area contributed by atoms with Crippen molar-refractivity contribution in [3.05, 3.63) is 29.8 Å². The number of methoxy groups -OCH3 is 1. The Morgan fingerprint density at radius 2 is 2.08 bits per heavy atom. The number of benzene rings is 1. The predicted molar refractivity (Wildman–Crippen MR) is 98.8 cm³/mol. The first-order valence-electron chi connectivity index (χ1n) is 7.77. The van der Waals surface area contributed by atoms with E-state index in [0.717, 1.165) is 33.7 Å². The molecule has 2 rings (SSSR count). The van der Waals surface area contributed by atoms with E-state index in [0.29, 0.717) is 6.54 Å². The van der Waals surface area contributed by atoms with Gasteiger partial charge in [-0.1, -0.05) is 42.2 Å². The van der Waals surface area contributed by atoms with Gasteiger partial charge in [-0.15, -0.1) is 10.2 Å². The predicted octanol–water partition coefficient (Wildman–Crippen LogP) is 3.17. The number of anilines is 1. The molecule has 2 N–H and O–H groups in total. The molecule has 0 aliphatic rings. The fraction of sp³-hybridized carbons (Fsp3) is 0.438. The molecule has 0 saturated heterocycles. The van der Waals surface area contributed by atoms with Gasteiger partial charge < -0.3 is 15.4 Å². The number of aromatic nitrogens is 2. The van der Waals surface area contributed by atoms with Gasteiger partial charge in [-0.05, 0) is 31.0 Å². The summed E-state index contributed by atoms with van der Waals surface area (Å²) in [7, 11) is 1.63. The van der Waals surface area contributed by atoms with E-state index in [1.165, 1.54) is 23.1 Å². The summed E-state index contributed by atoms with van der Waals surface area (Å²) < 4.78 is 5.91. The van der Waals surface area contributed by atoms with Crippen LogP contribution < -0.4 is 15.4 Å². The van der Waals surface area contributed by atoms with Crippen molar-refractivity contribution < 1.29 is 9.53 Å². The number of carbonyl (C=O) groups excluding carboxylic acids is 1. The normalized spacial score (nSPS) is 11.8. The lowest BCUT2D eigenvalue weighted by molar-refractivity contribution is -0.120. The Labute approximate surface area is 150 Å². The van der Waals surface area contributed by atoms with Crippen LogP contribution in [0.1, 0.15) is 25.8 Å². The highest BCUT2D eigenvalue weighted by Crippen LogP contribution is 2.28. The van der Waals surface area contributed by atoms with Gasteiger partial charge in [0.25, 0.3) is 0 Å². The second-order valence-corrected chi connectivity index (χ2v) is 7.69. The minimum atomic E-state index is -0.227. The molecule has 8 heteroatoms. The first-order chi connectivity index (χ1) is 11.6. The number of amides is 1. The third-order valence-electron chi connectivity index (χ3n) is 3.21. The minimum Gasteiger partial charge on any atom is -0.497 e. The van der Waals surface area contributed by atoms with E-state index in [9.17, 15) is 4.79 Å². The number of hydrogen-bond acceptors (Lipinski definition) is 7. The van der Waals surface area contributed by atoms with Crippen LogP contribution in [-0.4, -0.2) is 35.0 Å². The fourth-order valence-electron chi connectivity index (χ4n) is 1.84. The zero-order valence-corrected chi connectivity index (χ0v) is 15.7. The number of ether oxygens (including phenoxy) is 1. The van der Waals surface area contributed by atoms with Gasteiger partial charge in [0.05, 0.1) is 12.4 Å². The first-order valence-corrected chi connectivity index (χ1v) is 9.46. The largest absolute Gasteiger partial charge is 0.497 e. The molecule has 2 aromatic rings. The first kappa shape index (κ1) is 18.5. The van der Waals surface area contributed by atoms with Crippen molar-refractivity contribution in [1.82, 2.24) is 15.5 Å². The fourth-order valence-corrected chi connectivity index (χ4v) is 3.79. The molecule has 1 heterocycles. The molecular formula is C16H22N4O2S2. The summed E-state index contributed by atoms with van der Waals surface area (Å²) in [6, 6.07) is 7.64. The Balaban J connectivity index is 1.79. The molecule has 0 bridgehead atoms. The smallest absolute Gasteiger partial charge is 0.233 e. The second kappa shape index (κ2) is 9.48. The van der Waals surface area contributed by atoms with E-state index >= 15 is 0 Å². The highest BCUT2D eigenvalue weighted by molar-refractivity contribution is 8.02. The van der Waals surface area contributed by atoms with Gasteiger partial charge in [0.15, 0.2) is 4.34 Å². The van der Waals surface area contributed by atoms with Crippen LogP contribution in [-0.2, 0) is 11.3 Å². The van der Waals surface area contributed by atoms with Crippen LogP contribution in [0, 0.1) is 0 Å². The Morgan fingerprint density at radius 3 is 2.75 bits per heavy atom. The molecule has 0 aliphatic heterocycles. The van der Waals surface area contributed by atoms with E-state index in [1.807, 2.05) is 31.2 Å². The summed E-state index contributed by atoms with van der Waals surface area (Å²) in [6.07, 6.45) is 1.03. The van der Waals surface area contributed by atoms with Gasteiger partial charge in [-0.25, -0.2) is 0 Å². The Kier molecular flexibility index (Phi) is 7.33. The van der Waals surface area contributed by atoms with Crippen LogP contribution in [0.3, 0.4) is 0 Å². The molecule has 0 fully saturated rings. The van der Waals surface area contributed by atoms with E-state index in [2.05, 4.69) is 27.8 Å². The number of rotatable bonds is 9. The summed E-state index contributed by atoms with van der Waals surface area (Å²) in [5, 5.41) is 14.9. The van der Waals surface area contributed by atoms with Gasteiger partial charge in [0.2, 0.25) is 11.0 Å². The van der Waals surface area contributed by atoms with Crippen LogP contribution in [0.4, 0.5) is 5.13 Å². The molecule has 0 saturated carbocycles. The molecule has 1 atom stereocenters. The Morgan fingerprint density at radius 1 is 1.33 bits per heavy atom. The number of hydrogen-bond donors (Lipinski definition) is 2. The molecule has 1 amide bonds. The molecule has 0 unspecified atom stereocenters. The monoisotopic (exact) mass is 366 g/mol. The molecular weight excluding hydrogens is 344 g/mol. The summed E-state index contributed by atoms with van der Waals surface area (Å²) in [5.74, 6) is 0.784. The lowest BCUT2D eigenvalue weighted by Crippen LogP contribution is -2.30.